The quantitative estimate of drug-likeness (QED) is 0.863. The molecule has 1 atom stereocenters. The first-order valence-corrected chi connectivity index (χ1v) is 7.87. The van der Waals surface area contributed by atoms with Gasteiger partial charge < -0.3 is 9.67 Å². The number of rotatable bonds is 4. The Morgan fingerprint density at radius 2 is 2.29 bits per heavy atom. The first kappa shape index (κ1) is 14.7. The van der Waals surface area contributed by atoms with E-state index in [9.17, 15) is 9.18 Å². The van der Waals surface area contributed by atoms with Crippen molar-refractivity contribution in [1.29, 1.82) is 0 Å². The number of thioether (sulfide) groups is 1. The number of imidazole rings is 1. The second-order valence-electron chi connectivity index (χ2n) is 5.91. The lowest BCUT2D eigenvalue weighted by Gasteiger charge is -2.10. The molecule has 0 amide bonds. The molecule has 4 nitrogen and oxygen atoms in total. The van der Waals surface area contributed by atoms with Crippen molar-refractivity contribution < 1.29 is 14.3 Å². The minimum Gasteiger partial charge on any atom is -0.481 e. The lowest BCUT2D eigenvalue weighted by molar-refractivity contribution is -0.133. The molecule has 1 heterocycles. The van der Waals surface area contributed by atoms with Crippen molar-refractivity contribution in [1.82, 2.24) is 9.55 Å². The van der Waals surface area contributed by atoms with Gasteiger partial charge in [0.15, 0.2) is 5.16 Å². The largest absolute Gasteiger partial charge is 0.481 e. The Morgan fingerprint density at radius 3 is 2.86 bits per heavy atom. The molecule has 1 aromatic carbocycles. The number of carboxylic acid groups (broad SMARTS) is 1. The van der Waals surface area contributed by atoms with Gasteiger partial charge in [0, 0.05) is 12.1 Å². The molecule has 0 saturated heterocycles. The highest BCUT2D eigenvalue weighted by Crippen LogP contribution is 2.57. The maximum Gasteiger partial charge on any atom is 0.313 e. The zero-order valence-corrected chi connectivity index (χ0v) is 13.1. The van der Waals surface area contributed by atoms with E-state index < -0.39 is 11.8 Å². The molecule has 0 spiro atoms. The number of carbonyl (C=O) groups is 1. The molecule has 1 fully saturated rings. The van der Waals surface area contributed by atoms with Crippen molar-refractivity contribution in [3.05, 3.63) is 23.0 Å². The third-order valence-electron chi connectivity index (χ3n) is 3.80. The molecule has 1 N–H and O–H groups in total. The molecule has 1 unspecified atom stereocenters. The lowest BCUT2D eigenvalue weighted by atomic mass is 10.2. The molecular formula is C14H14ClFN2O2S. The van der Waals surface area contributed by atoms with Gasteiger partial charge in [0.05, 0.1) is 21.8 Å². The molecule has 112 valence electrons. The molecule has 0 aliphatic heterocycles. The molecule has 1 aromatic heterocycles. The number of carboxylic acids is 1. The van der Waals surface area contributed by atoms with Crippen LogP contribution in [0.25, 0.3) is 11.0 Å². The van der Waals surface area contributed by atoms with Gasteiger partial charge in [-0.15, -0.1) is 0 Å². The van der Waals surface area contributed by atoms with Crippen LogP contribution >= 0.6 is 23.4 Å². The summed E-state index contributed by atoms with van der Waals surface area (Å²) >= 11 is 6.95. The van der Waals surface area contributed by atoms with Crippen molar-refractivity contribution >= 4 is 40.4 Å². The van der Waals surface area contributed by atoms with Gasteiger partial charge in [0.1, 0.15) is 5.82 Å². The average molecular weight is 329 g/mol. The minimum atomic E-state index is -0.905. The maximum atomic E-state index is 13.8. The number of nitrogens with zero attached hydrogens (tertiary/aromatic N) is 2. The topological polar surface area (TPSA) is 55.1 Å². The zero-order chi connectivity index (χ0) is 15.4. The summed E-state index contributed by atoms with van der Waals surface area (Å²) in [6.07, 6.45) is 0.962. The van der Waals surface area contributed by atoms with Gasteiger partial charge in [-0.2, -0.15) is 0 Å². The van der Waals surface area contributed by atoms with Gasteiger partial charge in [0.25, 0.3) is 0 Å². The number of aliphatic carboxylic acids is 1. The zero-order valence-electron chi connectivity index (χ0n) is 11.6. The number of aromatic nitrogens is 2. The summed E-state index contributed by atoms with van der Waals surface area (Å²) in [5.41, 5.74) is 1.37. The van der Waals surface area contributed by atoms with Crippen LogP contribution in [0.2, 0.25) is 5.02 Å². The fourth-order valence-corrected chi connectivity index (χ4v) is 3.42. The third kappa shape index (κ3) is 2.62. The number of halogens is 2. The molecule has 1 aliphatic rings. The summed E-state index contributed by atoms with van der Waals surface area (Å²) in [6.45, 7) is 4.25. The van der Waals surface area contributed by atoms with Crippen LogP contribution in [-0.4, -0.2) is 26.4 Å². The van der Waals surface area contributed by atoms with Crippen LogP contribution in [-0.2, 0) is 4.79 Å². The molecule has 1 aliphatic carbocycles. The van der Waals surface area contributed by atoms with E-state index in [0.717, 1.165) is 18.2 Å². The van der Waals surface area contributed by atoms with E-state index in [1.54, 1.807) is 0 Å². The summed E-state index contributed by atoms with van der Waals surface area (Å²) in [4.78, 5) is 15.2. The van der Waals surface area contributed by atoms with Crippen LogP contribution in [0.3, 0.4) is 0 Å². The van der Waals surface area contributed by atoms with E-state index >= 15 is 0 Å². The van der Waals surface area contributed by atoms with Crippen LogP contribution < -0.4 is 0 Å². The van der Waals surface area contributed by atoms with Crippen molar-refractivity contribution in [2.24, 2.45) is 5.41 Å². The normalized spacial score (nSPS) is 19.9. The molecule has 21 heavy (non-hydrogen) atoms. The summed E-state index contributed by atoms with van der Waals surface area (Å²) in [5.74, 6) is -1.47. The van der Waals surface area contributed by atoms with Crippen molar-refractivity contribution in [2.45, 2.75) is 31.5 Å². The van der Waals surface area contributed by atoms with Crippen molar-refractivity contribution in [2.75, 3.05) is 5.75 Å². The predicted molar refractivity (Wildman–Crippen MR) is 80.5 cm³/mol. The molecule has 0 radical (unpaired) electrons. The van der Waals surface area contributed by atoms with E-state index in [2.05, 4.69) is 18.8 Å². The second kappa shape index (κ2) is 4.88. The Kier molecular flexibility index (Phi) is 3.41. The Balaban J connectivity index is 2.12. The lowest BCUT2D eigenvalue weighted by Crippen LogP contribution is -2.05. The van der Waals surface area contributed by atoms with E-state index in [4.69, 9.17) is 16.7 Å². The first-order valence-electron chi connectivity index (χ1n) is 6.51. The first-order chi connectivity index (χ1) is 9.79. The third-order valence-corrected chi connectivity index (χ3v) is 5.02. The van der Waals surface area contributed by atoms with Gasteiger partial charge >= 0.3 is 5.97 Å². The van der Waals surface area contributed by atoms with E-state index in [-0.39, 0.29) is 22.2 Å². The smallest absolute Gasteiger partial charge is 0.313 e. The van der Waals surface area contributed by atoms with Crippen LogP contribution in [0.5, 0.6) is 0 Å². The van der Waals surface area contributed by atoms with Crippen LogP contribution in [0, 0.1) is 11.2 Å². The van der Waals surface area contributed by atoms with Crippen molar-refractivity contribution in [3.63, 3.8) is 0 Å². The predicted octanol–water partition coefficient (Wildman–Crippen LogP) is 3.98. The Bertz CT molecular complexity index is 744. The molecular weight excluding hydrogens is 315 g/mol. The average Bonchev–Trinajstić information content (AvgIpc) is 2.86. The highest BCUT2D eigenvalue weighted by molar-refractivity contribution is 7.99. The number of hydrogen-bond acceptors (Lipinski definition) is 3. The SMILES string of the molecule is CC1(C)CC1n1c(SCC(=O)O)nc2cc(Cl)c(F)cc21. The highest BCUT2D eigenvalue weighted by Gasteiger charge is 2.48. The maximum absolute atomic E-state index is 13.8. The van der Waals surface area contributed by atoms with Gasteiger partial charge in [0.2, 0.25) is 0 Å². The highest BCUT2D eigenvalue weighted by atomic mass is 35.5. The summed E-state index contributed by atoms with van der Waals surface area (Å²) in [5, 5.41) is 9.47. The van der Waals surface area contributed by atoms with Gasteiger partial charge in [-0.3, -0.25) is 4.79 Å². The van der Waals surface area contributed by atoms with Crippen LogP contribution in [0.15, 0.2) is 17.3 Å². The fraction of sp³-hybridized carbons (Fsp3) is 0.429. The van der Waals surface area contributed by atoms with Crippen LogP contribution in [0.1, 0.15) is 26.3 Å². The molecule has 2 aromatic rings. The second-order valence-corrected chi connectivity index (χ2v) is 7.26. The number of fused-ring (bicyclic) bond motifs is 1. The minimum absolute atomic E-state index is 0.0250. The summed E-state index contributed by atoms with van der Waals surface area (Å²) in [7, 11) is 0. The monoisotopic (exact) mass is 328 g/mol. The molecule has 7 heteroatoms. The van der Waals surface area contributed by atoms with E-state index in [1.165, 1.54) is 12.1 Å². The van der Waals surface area contributed by atoms with Crippen molar-refractivity contribution in [3.8, 4) is 0 Å². The van der Waals surface area contributed by atoms with E-state index in [1.807, 2.05) is 4.57 Å². The standard InChI is InChI=1S/C14H14ClFN2O2S/c1-14(2)5-11(14)18-10-4-8(16)7(15)3-9(10)17-13(18)21-6-12(19)20/h3-4,11H,5-6H2,1-2H3,(H,19,20). The Hall–Kier alpha value is -1.27. The number of hydrogen-bond donors (Lipinski definition) is 1. The Morgan fingerprint density at radius 1 is 1.62 bits per heavy atom. The van der Waals surface area contributed by atoms with Gasteiger partial charge in [-0.1, -0.05) is 37.2 Å². The molecule has 0 bridgehead atoms. The van der Waals surface area contributed by atoms with E-state index in [0.29, 0.717) is 16.2 Å². The molecule has 1 saturated carbocycles. The van der Waals surface area contributed by atoms with Gasteiger partial charge in [-0.05, 0) is 17.9 Å². The fourth-order valence-electron chi connectivity index (χ4n) is 2.48. The number of benzene rings is 1. The Labute approximate surface area is 130 Å². The molecule has 3 rings (SSSR count). The van der Waals surface area contributed by atoms with Crippen LogP contribution in [0.4, 0.5) is 4.39 Å². The summed E-state index contributed by atoms with van der Waals surface area (Å²) in [6, 6.07) is 3.08. The summed E-state index contributed by atoms with van der Waals surface area (Å²) < 4.78 is 15.7. The van der Waals surface area contributed by atoms with Gasteiger partial charge in [-0.25, -0.2) is 9.37 Å².